The minimum atomic E-state index is -0.819. The van der Waals surface area contributed by atoms with Crippen molar-refractivity contribution in [2.75, 3.05) is 18.4 Å². The van der Waals surface area contributed by atoms with Crippen molar-refractivity contribution in [3.05, 3.63) is 93.5 Å². The number of fused-ring (bicyclic) bond motifs is 1. The number of anilines is 1. The normalized spacial score (nSPS) is 17.9. The second kappa shape index (κ2) is 11.4. The van der Waals surface area contributed by atoms with Gasteiger partial charge in [-0.15, -0.1) is 0 Å². The number of amides is 1. The summed E-state index contributed by atoms with van der Waals surface area (Å²) < 4.78 is 0.901. The number of carboxylic acids is 1. The number of hydrogen-bond donors (Lipinski definition) is 2. The molecule has 1 saturated heterocycles. The molecule has 6 nitrogen and oxygen atoms in total. The fourth-order valence-electron chi connectivity index (χ4n) is 5.09. The zero-order chi connectivity index (χ0) is 25.8. The number of aryl methyl sites for hydroxylation is 1. The smallest absolute Gasteiger partial charge is 0.303 e. The molecule has 0 spiro atoms. The number of hydrogen-bond acceptors (Lipinski definition) is 4. The van der Waals surface area contributed by atoms with Gasteiger partial charge in [0.15, 0.2) is 0 Å². The van der Waals surface area contributed by atoms with Crippen LogP contribution in [0, 0.1) is 0 Å². The highest BCUT2D eigenvalue weighted by atomic mass is 79.9. The van der Waals surface area contributed by atoms with E-state index in [0.29, 0.717) is 12.1 Å². The van der Waals surface area contributed by atoms with Gasteiger partial charge in [0.2, 0.25) is 5.91 Å². The maximum atomic E-state index is 13.2. The SMILES string of the molecule is O=C(O)CCc1ccc(C(=Nc2ccc(CN3CCCCC3)cc2)C2C(=O)Nc3cc(Br)ccc32)cc1. The van der Waals surface area contributed by atoms with Crippen LogP contribution in [0.15, 0.2) is 76.2 Å². The van der Waals surface area contributed by atoms with Gasteiger partial charge in [-0.05, 0) is 78.9 Å². The highest BCUT2D eigenvalue weighted by molar-refractivity contribution is 9.10. The molecule has 0 aromatic heterocycles. The number of halogens is 1. The van der Waals surface area contributed by atoms with Gasteiger partial charge in [-0.3, -0.25) is 19.5 Å². The lowest BCUT2D eigenvalue weighted by molar-refractivity contribution is -0.137. The summed E-state index contributed by atoms with van der Waals surface area (Å²) in [5.41, 5.74) is 6.19. The minimum Gasteiger partial charge on any atom is -0.481 e. The van der Waals surface area contributed by atoms with Crippen LogP contribution in [-0.2, 0) is 22.6 Å². The second-order valence-electron chi connectivity index (χ2n) is 9.74. The molecule has 1 unspecified atom stereocenters. The van der Waals surface area contributed by atoms with E-state index in [9.17, 15) is 9.59 Å². The molecule has 2 aliphatic heterocycles. The van der Waals surface area contributed by atoms with E-state index in [1.54, 1.807) is 0 Å². The fraction of sp³-hybridized carbons (Fsp3) is 0.300. The van der Waals surface area contributed by atoms with E-state index < -0.39 is 11.9 Å². The van der Waals surface area contributed by atoms with E-state index in [1.807, 2.05) is 54.6 Å². The first kappa shape index (κ1) is 25.4. The molecule has 37 heavy (non-hydrogen) atoms. The topological polar surface area (TPSA) is 82.0 Å². The molecule has 0 radical (unpaired) electrons. The summed E-state index contributed by atoms with van der Waals surface area (Å²) in [7, 11) is 0. The molecule has 0 aliphatic carbocycles. The largest absolute Gasteiger partial charge is 0.481 e. The van der Waals surface area contributed by atoms with Crippen LogP contribution in [0.1, 0.15) is 53.9 Å². The van der Waals surface area contributed by atoms with Crippen molar-refractivity contribution in [1.29, 1.82) is 0 Å². The fourth-order valence-corrected chi connectivity index (χ4v) is 5.45. The number of nitrogens with one attached hydrogen (secondary N) is 1. The Morgan fingerprint density at radius 2 is 1.68 bits per heavy atom. The number of likely N-dealkylation sites (tertiary alicyclic amines) is 1. The van der Waals surface area contributed by atoms with Crippen molar-refractivity contribution in [2.45, 2.75) is 44.6 Å². The average Bonchev–Trinajstić information content (AvgIpc) is 3.22. The lowest BCUT2D eigenvalue weighted by atomic mass is 9.90. The molecule has 1 amide bonds. The van der Waals surface area contributed by atoms with E-state index in [2.05, 4.69) is 38.3 Å². The van der Waals surface area contributed by atoms with Gasteiger partial charge >= 0.3 is 5.97 Å². The maximum Gasteiger partial charge on any atom is 0.303 e. The van der Waals surface area contributed by atoms with E-state index in [-0.39, 0.29) is 12.3 Å². The molecular weight excluding hydrogens is 530 g/mol. The van der Waals surface area contributed by atoms with Gasteiger partial charge in [0.25, 0.3) is 0 Å². The number of carbonyl (C=O) groups is 2. The third-order valence-electron chi connectivity index (χ3n) is 7.04. The molecule has 2 aliphatic rings. The highest BCUT2D eigenvalue weighted by Crippen LogP contribution is 2.38. The van der Waals surface area contributed by atoms with E-state index >= 15 is 0 Å². The Kier molecular flexibility index (Phi) is 7.82. The standard InChI is InChI=1S/C30H30BrN3O3/c31-23-11-14-25-26(18-23)33-30(37)28(25)29(22-9-4-20(5-10-22)8-15-27(35)36)32-24-12-6-21(7-13-24)19-34-16-2-1-3-17-34/h4-7,9-14,18,28H,1-3,8,15-17,19H2,(H,33,37)(H,35,36). The summed E-state index contributed by atoms with van der Waals surface area (Å²) in [5.74, 6) is -1.47. The van der Waals surface area contributed by atoms with E-state index in [0.717, 1.165) is 52.2 Å². The quantitative estimate of drug-likeness (QED) is 0.317. The summed E-state index contributed by atoms with van der Waals surface area (Å²) in [6.07, 6.45) is 4.39. The molecule has 0 saturated carbocycles. The third kappa shape index (κ3) is 6.17. The van der Waals surface area contributed by atoms with Crippen molar-refractivity contribution < 1.29 is 14.7 Å². The van der Waals surface area contributed by atoms with Crippen LogP contribution >= 0.6 is 15.9 Å². The lowest BCUT2D eigenvalue weighted by Crippen LogP contribution is -2.28. The van der Waals surface area contributed by atoms with Crippen molar-refractivity contribution in [2.24, 2.45) is 4.99 Å². The Labute approximate surface area is 225 Å². The Bertz CT molecular complexity index is 1310. The summed E-state index contributed by atoms with van der Waals surface area (Å²) >= 11 is 3.49. The van der Waals surface area contributed by atoms with Gasteiger partial charge in [0.1, 0.15) is 5.92 Å². The molecule has 0 bridgehead atoms. The molecule has 2 N–H and O–H groups in total. The number of piperidine rings is 1. The molecule has 1 atom stereocenters. The Balaban J connectivity index is 1.46. The van der Waals surface area contributed by atoms with Crippen molar-refractivity contribution in [3.8, 4) is 0 Å². The zero-order valence-electron chi connectivity index (χ0n) is 20.6. The molecule has 3 aromatic rings. The van der Waals surface area contributed by atoms with E-state index in [1.165, 1.54) is 24.8 Å². The monoisotopic (exact) mass is 559 g/mol. The minimum absolute atomic E-state index is 0.0807. The van der Waals surface area contributed by atoms with Gasteiger partial charge in [-0.2, -0.15) is 0 Å². The maximum absolute atomic E-state index is 13.2. The number of nitrogens with zero attached hydrogens (tertiary/aromatic N) is 2. The second-order valence-corrected chi connectivity index (χ2v) is 10.7. The lowest BCUT2D eigenvalue weighted by Gasteiger charge is -2.26. The number of carbonyl (C=O) groups excluding carboxylic acids is 1. The average molecular weight is 560 g/mol. The van der Waals surface area contributed by atoms with Crippen molar-refractivity contribution in [1.82, 2.24) is 4.90 Å². The van der Waals surface area contributed by atoms with Crippen LogP contribution in [-0.4, -0.2) is 40.7 Å². The molecule has 7 heteroatoms. The Morgan fingerprint density at radius 1 is 0.973 bits per heavy atom. The predicted octanol–water partition coefficient (Wildman–Crippen LogP) is 6.31. The molecule has 3 aromatic carbocycles. The number of aliphatic carboxylic acids is 1. The molecular formula is C30H30BrN3O3. The third-order valence-corrected chi connectivity index (χ3v) is 7.53. The summed E-state index contributed by atoms with van der Waals surface area (Å²) in [4.78, 5) is 31.7. The predicted molar refractivity (Wildman–Crippen MR) is 150 cm³/mol. The highest BCUT2D eigenvalue weighted by Gasteiger charge is 2.35. The first-order valence-electron chi connectivity index (χ1n) is 12.8. The van der Waals surface area contributed by atoms with E-state index in [4.69, 9.17) is 10.1 Å². The van der Waals surface area contributed by atoms with Gasteiger partial charge in [0, 0.05) is 23.1 Å². The molecule has 2 heterocycles. The Hall–Kier alpha value is -3.29. The van der Waals surface area contributed by atoms with Gasteiger partial charge in [-0.1, -0.05) is 64.8 Å². The van der Waals surface area contributed by atoms with Gasteiger partial charge < -0.3 is 10.4 Å². The Morgan fingerprint density at radius 3 is 2.38 bits per heavy atom. The van der Waals surface area contributed by atoms with Crippen LogP contribution in [0.4, 0.5) is 11.4 Å². The van der Waals surface area contributed by atoms with Crippen LogP contribution < -0.4 is 5.32 Å². The van der Waals surface area contributed by atoms with Crippen LogP contribution in [0.25, 0.3) is 0 Å². The van der Waals surface area contributed by atoms with Crippen LogP contribution in [0.5, 0.6) is 0 Å². The van der Waals surface area contributed by atoms with Crippen molar-refractivity contribution >= 4 is 44.9 Å². The van der Waals surface area contributed by atoms with Crippen molar-refractivity contribution in [3.63, 3.8) is 0 Å². The van der Waals surface area contributed by atoms with Crippen LogP contribution in [0.2, 0.25) is 0 Å². The van der Waals surface area contributed by atoms with Gasteiger partial charge in [-0.25, -0.2) is 0 Å². The first-order valence-corrected chi connectivity index (χ1v) is 13.6. The summed E-state index contributed by atoms with van der Waals surface area (Å²) in [5, 5.41) is 12.0. The molecule has 5 rings (SSSR count). The molecule has 1 fully saturated rings. The number of aliphatic imine (C=N–C) groups is 1. The zero-order valence-corrected chi connectivity index (χ0v) is 22.2. The summed E-state index contributed by atoms with van der Waals surface area (Å²) in [6.45, 7) is 3.25. The van der Waals surface area contributed by atoms with Crippen LogP contribution in [0.3, 0.4) is 0 Å². The first-order chi connectivity index (χ1) is 18.0. The number of carboxylic acid groups (broad SMARTS) is 1. The number of benzene rings is 3. The molecule has 190 valence electrons. The van der Waals surface area contributed by atoms with Gasteiger partial charge in [0.05, 0.1) is 11.4 Å². The number of rotatable bonds is 8. The summed E-state index contributed by atoms with van der Waals surface area (Å²) in [6, 6.07) is 21.8.